The van der Waals surface area contributed by atoms with E-state index in [9.17, 15) is 9.18 Å². The Morgan fingerprint density at radius 1 is 1.19 bits per heavy atom. The lowest BCUT2D eigenvalue weighted by molar-refractivity contribution is 0.0692. The van der Waals surface area contributed by atoms with Crippen LogP contribution in [0.3, 0.4) is 0 Å². The number of benzene rings is 2. The number of fused-ring (bicyclic) bond motifs is 1. The van der Waals surface area contributed by atoms with Crippen LogP contribution in [0, 0.1) is 5.82 Å². The molecular weight excluding hydrogens is 271 g/mol. The fourth-order valence-electron chi connectivity index (χ4n) is 2.57. The largest absolute Gasteiger partial charge is 0.492 e. The molecule has 0 unspecified atom stereocenters. The van der Waals surface area contributed by atoms with Crippen molar-refractivity contribution in [1.29, 1.82) is 0 Å². The maximum Gasteiger partial charge on any atom is 0.338 e. The zero-order valence-corrected chi connectivity index (χ0v) is 11.8. The highest BCUT2D eigenvalue weighted by atomic mass is 19.1. The highest BCUT2D eigenvalue weighted by Gasteiger charge is 2.31. The van der Waals surface area contributed by atoms with Crippen LogP contribution < -0.4 is 4.74 Å². The second kappa shape index (κ2) is 4.58. The molecule has 0 aliphatic carbocycles. The lowest BCUT2D eigenvalue weighted by Gasteiger charge is -2.16. The van der Waals surface area contributed by atoms with Gasteiger partial charge in [-0.25, -0.2) is 9.18 Å². The minimum atomic E-state index is -1.26. The summed E-state index contributed by atoms with van der Waals surface area (Å²) in [5, 5.41) is 8.87. The number of hydrogen-bond donors (Lipinski definition) is 1. The number of ether oxygens (including phenoxy) is 1. The normalized spacial score (nSPS) is 15.4. The number of rotatable bonds is 2. The van der Waals surface area contributed by atoms with Crippen molar-refractivity contribution in [3.8, 4) is 16.9 Å². The molecule has 2 aromatic carbocycles. The summed E-state index contributed by atoms with van der Waals surface area (Å²) in [6, 6.07) is 9.89. The van der Waals surface area contributed by atoms with Crippen molar-refractivity contribution in [3.05, 3.63) is 53.3 Å². The van der Waals surface area contributed by atoms with Gasteiger partial charge in [-0.15, -0.1) is 0 Å². The van der Waals surface area contributed by atoms with E-state index < -0.39 is 11.8 Å². The maximum atomic E-state index is 13.8. The van der Waals surface area contributed by atoms with Crippen LogP contribution in [0.25, 0.3) is 11.1 Å². The second-order valence-electron chi connectivity index (χ2n) is 5.88. The van der Waals surface area contributed by atoms with Gasteiger partial charge >= 0.3 is 5.97 Å². The van der Waals surface area contributed by atoms with E-state index in [0.29, 0.717) is 12.2 Å². The van der Waals surface area contributed by atoms with Crippen molar-refractivity contribution in [2.75, 3.05) is 6.61 Å². The van der Waals surface area contributed by atoms with Crippen LogP contribution in [0.15, 0.2) is 36.4 Å². The molecule has 0 radical (unpaired) electrons. The third-order valence-corrected chi connectivity index (χ3v) is 3.83. The van der Waals surface area contributed by atoms with Gasteiger partial charge in [-0.05, 0) is 35.4 Å². The molecule has 4 heteroatoms. The van der Waals surface area contributed by atoms with E-state index in [1.54, 1.807) is 6.07 Å². The summed E-state index contributed by atoms with van der Waals surface area (Å²) in [7, 11) is 0. The Morgan fingerprint density at radius 2 is 1.86 bits per heavy atom. The first-order valence-corrected chi connectivity index (χ1v) is 6.69. The minimum absolute atomic E-state index is 0.0785. The van der Waals surface area contributed by atoms with E-state index >= 15 is 0 Å². The lowest BCUT2D eigenvalue weighted by atomic mass is 9.85. The standard InChI is InChI=1S/C17H15FO3/c1-17(2)9-21-15-6-4-10(7-13(15)17)11-3-5-12(16(19)20)14(18)8-11/h3-8H,9H2,1-2H3,(H,19,20). The Balaban J connectivity index is 2.06. The Bertz CT molecular complexity index is 735. The van der Waals surface area contributed by atoms with Crippen molar-refractivity contribution in [2.24, 2.45) is 0 Å². The third-order valence-electron chi connectivity index (χ3n) is 3.83. The molecule has 0 spiro atoms. The average Bonchev–Trinajstić information content (AvgIpc) is 2.74. The number of carboxylic acids is 1. The Kier molecular flexibility index (Phi) is 2.97. The first-order valence-electron chi connectivity index (χ1n) is 6.69. The smallest absolute Gasteiger partial charge is 0.338 e. The Morgan fingerprint density at radius 3 is 2.52 bits per heavy atom. The molecule has 1 aliphatic heterocycles. The second-order valence-corrected chi connectivity index (χ2v) is 5.88. The monoisotopic (exact) mass is 286 g/mol. The molecular formula is C17H15FO3. The van der Waals surface area contributed by atoms with E-state index in [-0.39, 0.29) is 11.0 Å². The van der Waals surface area contributed by atoms with E-state index in [1.165, 1.54) is 12.1 Å². The van der Waals surface area contributed by atoms with E-state index in [1.807, 2.05) is 18.2 Å². The number of carboxylic acid groups (broad SMARTS) is 1. The average molecular weight is 286 g/mol. The Hall–Kier alpha value is -2.36. The van der Waals surface area contributed by atoms with Gasteiger partial charge in [0.15, 0.2) is 0 Å². The molecule has 1 heterocycles. The van der Waals surface area contributed by atoms with Crippen LogP contribution >= 0.6 is 0 Å². The van der Waals surface area contributed by atoms with Crippen molar-refractivity contribution < 1.29 is 19.0 Å². The van der Waals surface area contributed by atoms with Gasteiger partial charge in [0, 0.05) is 11.0 Å². The van der Waals surface area contributed by atoms with E-state index in [4.69, 9.17) is 9.84 Å². The number of carbonyl (C=O) groups is 1. The summed E-state index contributed by atoms with van der Waals surface area (Å²) < 4.78 is 19.4. The molecule has 2 aromatic rings. The molecule has 0 saturated heterocycles. The highest BCUT2D eigenvalue weighted by Crippen LogP contribution is 2.40. The van der Waals surface area contributed by atoms with Crippen molar-refractivity contribution in [1.82, 2.24) is 0 Å². The molecule has 0 atom stereocenters. The first-order chi connectivity index (χ1) is 9.88. The van der Waals surface area contributed by atoms with Crippen LogP contribution in [-0.2, 0) is 5.41 Å². The van der Waals surface area contributed by atoms with Gasteiger partial charge in [0.05, 0.1) is 12.2 Å². The quantitative estimate of drug-likeness (QED) is 0.911. The predicted octanol–water partition coefficient (Wildman–Crippen LogP) is 3.86. The summed E-state index contributed by atoms with van der Waals surface area (Å²) in [6.07, 6.45) is 0. The zero-order valence-electron chi connectivity index (χ0n) is 11.8. The molecule has 0 bridgehead atoms. The lowest BCUT2D eigenvalue weighted by Crippen LogP contribution is -2.18. The van der Waals surface area contributed by atoms with Gasteiger partial charge in [-0.1, -0.05) is 26.0 Å². The Labute approximate surface area is 122 Å². The van der Waals surface area contributed by atoms with Crippen LogP contribution in [0.2, 0.25) is 0 Å². The predicted molar refractivity (Wildman–Crippen MR) is 77.3 cm³/mol. The van der Waals surface area contributed by atoms with Gasteiger partial charge in [0.2, 0.25) is 0 Å². The van der Waals surface area contributed by atoms with Crippen LogP contribution in [0.1, 0.15) is 29.8 Å². The summed E-state index contributed by atoms with van der Waals surface area (Å²) in [5.74, 6) is -1.13. The first kappa shape index (κ1) is 13.6. The molecule has 21 heavy (non-hydrogen) atoms. The molecule has 3 nitrogen and oxygen atoms in total. The summed E-state index contributed by atoms with van der Waals surface area (Å²) in [4.78, 5) is 10.9. The number of aromatic carboxylic acids is 1. The zero-order chi connectivity index (χ0) is 15.2. The molecule has 0 aromatic heterocycles. The summed E-state index contributed by atoms with van der Waals surface area (Å²) in [5.41, 5.74) is 2.20. The fraction of sp³-hybridized carbons (Fsp3) is 0.235. The molecule has 0 saturated carbocycles. The molecule has 1 N–H and O–H groups in total. The van der Waals surface area contributed by atoms with Gasteiger partial charge in [-0.2, -0.15) is 0 Å². The van der Waals surface area contributed by atoms with Crippen LogP contribution in [0.5, 0.6) is 5.75 Å². The minimum Gasteiger partial charge on any atom is -0.492 e. The molecule has 1 aliphatic rings. The third kappa shape index (κ3) is 2.27. The molecule has 0 amide bonds. The van der Waals surface area contributed by atoms with E-state index in [0.717, 1.165) is 16.9 Å². The van der Waals surface area contributed by atoms with Crippen molar-refractivity contribution in [3.63, 3.8) is 0 Å². The van der Waals surface area contributed by atoms with Crippen molar-refractivity contribution in [2.45, 2.75) is 19.3 Å². The van der Waals surface area contributed by atoms with Gasteiger partial charge < -0.3 is 9.84 Å². The summed E-state index contributed by atoms with van der Waals surface area (Å²) >= 11 is 0. The van der Waals surface area contributed by atoms with Gasteiger partial charge in [-0.3, -0.25) is 0 Å². The van der Waals surface area contributed by atoms with E-state index in [2.05, 4.69) is 13.8 Å². The number of hydrogen-bond acceptors (Lipinski definition) is 2. The highest BCUT2D eigenvalue weighted by molar-refractivity contribution is 5.88. The summed E-state index contributed by atoms with van der Waals surface area (Å²) in [6.45, 7) is 4.81. The molecule has 0 fully saturated rings. The molecule has 108 valence electrons. The SMILES string of the molecule is CC1(C)COc2ccc(-c3ccc(C(=O)O)c(F)c3)cc21. The topological polar surface area (TPSA) is 46.5 Å². The van der Waals surface area contributed by atoms with Gasteiger partial charge in [0.1, 0.15) is 11.6 Å². The maximum absolute atomic E-state index is 13.8. The van der Waals surface area contributed by atoms with Crippen LogP contribution in [-0.4, -0.2) is 17.7 Å². The van der Waals surface area contributed by atoms with Crippen molar-refractivity contribution >= 4 is 5.97 Å². The van der Waals surface area contributed by atoms with Crippen LogP contribution in [0.4, 0.5) is 4.39 Å². The molecule has 3 rings (SSSR count). The number of halogens is 1. The van der Waals surface area contributed by atoms with Gasteiger partial charge in [0.25, 0.3) is 0 Å². The fourth-order valence-corrected chi connectivity index (χ4v) is 2.57.